The van der Waals surface area contributed by atoms with Gasteiger partial charge in [0.25, 0.3) is 0 Å². The number of benzene rings is 1. The van der Waals surface area contributed by atoms with Crippen molar-refractivity contribution in [2.24, 2.45) is 0 Å². The van der Waals surface area contributed by atoms with Gasteiger partial charge in [-0.3, -0.25) is 0 Å². The summed E-state index contributed by atoms with van der Waals surface area (Å²) in [4.78, 5) is 0. The molecule has 1 nitrogen and oxygen atoms in total. The molecule has 0 atom stereocenters. The minimum Gasteiger partial charge on any atom is -0.397 e. The van der Waals surface area contributed by atoms with Crippen molar-refractivity contribution in [2.75, 3.05) is 5.73 Å². The van der Waals surface area contributed by atoms with Crippen LogP contribution in [0, 0.1) is 5.82 Å². The fourth-order valence-corrected chi connectivity index (χ4v) is 1.05. The number of nitrogen functional groups attached to an aromatic ring is 1. The first-order chi connectivity index (χ1) is 4.61. The molecule has 0 spiro atoms. The van der Waals surface area contributed by atoms with E-state index >= 15 is 0 Å². The largest absolute Gasteiger partial charge is 0.397 e. The highest BCUT2D eigenvalue weighted by Gasteiger charge is 2.00. The minimum absolute atomic E-state index is 0.00296. The number of hydrogen-bond acceptors (Lipinski definition) is 1. The second-order valence-corrected chi connectivity index (χ2v) is 2.81. The normalized spacial score (nSPS) is 9.80. The van der Waals surface area contributed by atoms with Gasteiger partial charge in [0.15, 0.2) is 0 Å². The Morgan fingerprint density at radius 1 is 1.50 bits per heavy atom. The molecular weight excluding hydrogens is 196 g/mol. The van der Waals surface area contributed by atoms with Crippen molar-refractivity contribution in [3.8, 4) is 0 Å². The van der Waals surface area contributed by atoms with E-state index in [1.165, 1.54) is 6.07 Å². The number of hydrogen-bond donors (Lipinski definition) is 1. The van der Waals surface area contributed by atoms with E-state index < -0.39 is 5.82 Å². The summed E-state index contributed by atoms with van der Waals surface area (Å²) in [6, 6.07) is 2.82. The lowest BCUT2D eigenvalue weighted by molar-refractivity contribution is 0.632. The Kier molecular flexibility index (Phi) is 1.99. The topological polar surface area (TPSA) is 26.0 Å². The lowest BCUT2D eigenvalue weighted by atomic mass is 9.94. The third kappa shape index (κ3) is 1.32. The van der Waals surface area contributed by atoms with Crippen molar-refractivity contribution >= 4 is 34.9 Å². The van der Waals surface area contributed by atoms with Crippen LogP contribution < -0.4 is 11.2 Å². The highest BCUT2D eigenvalue weighted by Crippen LogP contribution is 2.13. The molecule has 0 unspecified atom stereocenters. The van der Waals surface area contributed by atoms with Crippen LogP contribution in [0.3, 0.4) is 0 Å². The van der Waals surface area contributed by atoms with Crippen LogP contribution in [0.5, 0.6) is 0 Å². The van der Waals surface area contributed by atoms with Gasteiger partial charge in [-0.15, -0.1) is 0 Å². The molecule has 0 saturated carbocycles. The van der Waals surface area contributed by atoms with Crippen LogP contribution in [0.2, 0.25) is 0 Å². The fourth-order valence-electron chi connectivity index (χ4n) is 0.605. The zero-order valence-corrected chi connectivity index (χ0v) is 6.65. The lowest BCUT2D eigenvalue weighted by Gasteiger charge is -2.01. The maximum absolute atomic E-state index is 12.6. The van der Waals surface area contributed by atoms with Gasteiger partial charge < -0.3 is 5.73 Å². The molecule has 0 fully saturated rings. The second-order valence-electron chi connectivity index (χ2n) is 1.89. The Hall–Kier alpha value is -0.505. The molecule has 2 radical (unpaired) electrons. The lowest BCUT2D eigenvalue weighted by Crippen LogP contribution is -2.11. The van der Waals surface area contributed by atoms with Crippen LogP contribution in [0.1, 0.15) is 0 Å². The van der Waals surface area contributed by atoms with Crippen molar-refractivity contribution in [1.82, 2.24) is 0 Å². The molecule has 2 N–H and O–H groups in total. The molecule has 1 rings (SSSR count). The highest BCUT2D eigenvalue weighted by atomic mass is 79.9. The SMILES string of the molecule is [B]c1cc(Br)cc(F)c1N. The summed E-state index contributed by atoms with van der Waals surface area (Å²) in [7, 11) is 5.33. The predicted octanol–water partition coefficient (Wildman–Crippen LogP) is 0.964. The van der Waals surface area contributed by atoms with E-state index in [2.05, 4.69) is 15.9 Å². The smallest absolute Gasteiger partial charge is 0.146 e. The van der Waals surface area contributed by atoms with E-state index in [1.54, 1.807) is 6.07 Å². The number of halogens is 2. The Labute approximate surface area is 68.0 Å². The third-order valence-electron chi connectivity index (χ3n) is 1.13. The van der Waals surface area contributed by atoms with E-state index in [9.17, 15) is 4.39 Å². The summed E-state index contributed by atoms with van der Waals surface area (Å²) in [6.07, 6.45) is 0. The number of anilines is 1. The van der Waals surface area contributed by atoms with Gasteiger partial charge in [-0.05, 0) is 6.07 Å². The molecule has 1 aromatic carbocycles. The van der Waals surface area contributed by atoms with Crippen molar-refractivity contribution in [3.63, 3.8) is 0 Å². The molecule has 4 heteroatoms. The molecule has 0 saturated heterocycles. The Bertz CT molecular complexity index is 241. The average molecular weight is 200 g/mol. The molecule has 0 bridgehead atoms. The van der Waals surface area contributed by atoms with Crippen LogP contribution >= 0.6 is 15.9 Å². The first kappa shape index (κ1) is 7.60. The summed E-state index contributed by atoms with van der Waals surface area (Å²) >= 11 is 3.07. The molecular formula is C6H4BBrFN. The van der Waals surface area contributed by atoms with E-state index in [4.69, 9.17) is 13.6 Å². The van der Waals surface area contributed by atoms with E-state index in [0.29, 0.717) is 4.47 Å². The fraction of sp³-hybridized carbons (Fsp3) is 0. The Morgan fingerprint density at radius 3 is 2.60 bits per heavy atom. The van der Waals surface area contributed by atoms with Crippen LogP contribution in [-0.2, 0) is 0 Å². The molecule has 0 amide bonds. The molecule has 0 aromatic heterocycles. The highest BCUT2D eigenvalue weighted by molar-refractivity contribution is 9.10. The van der Waals surface area contributed by atoms with Crippen molar-refractivity contribution in [3.05, 3.63) is 22.4 Å². The molecule has 1 aromatic rings. The first-order valence-corrected chi connectivity index (χ1v) is 3.40. The van der Waals surface area contributed by atoms with Crippen LogP contribution in [-0.4, -0.2) is 7.85 Å². The molecule has 10 heavy (non-hydrogen) atoms. The van der Waals surface area contributed by atoms with Gasteiger partial charge in [0.2, 0.25) is 0 Å². The van der Waals surface area contributed by atoms with Gasteiger partial charge in [0.05, 0.1) is 5.69 Å². The maximum Gasteiger partial charge on any atom is 0.146 e. The summed E-state index contributed by atoms with van der Waals surface area (Å²) < 4.78 is 13.2. The third-order valence-corrected chi connectivity index (χ3v) is 1.58. The zero-order valence-electron chi connectivity index (χ0n) is 5.07. The van der Waals surface area contributed by atoms with Gasteiger partial charge in [0, 0.05) is 4.47 Å². The number of nitrogens with two attached hydrogens (primary N) is 1. The van der Waals surface area contributed by atoms with Crippen molar-refractivity contribution in [2.45, 2.75) is 0 Å². The minimum atomic E-state index is -0.494. The van der Waals surface area contributed by atoms with Gasteiger partial charge in [-0.2, -0.15) is 0 Å². The molecule has 0 aliphatic rings. The van der Waals surface area contributed by atoms with E-state index in [-0.39, 0.29) is 11.2 Å². The number of rotatable bonds is 0. The summed E-state index contributed by atoms with van der Waals surface area (Å²) in [6.45, 7) is 0. The standard InChI is InChI=1S/C6H4BBrFN/c7-4-1-3(8)2-5(9)6(4)10/h1-2H,10H2. The van der Waals surface area contributed by atoms with Gasteiger partial charge in [0.1, 0.15) is 13.7 Å². The maximum atomic E-state index is 12.6. The first-order valence-electron chi connectivity index (χ1n) is 2.61. The van der Waals surface area contributed by atoms with Crippen LogP contribution in [0.25, 0.3) is 0 Å². The Morgan fingerprint density at radius 2 is 2.10 bits per heavy atom. The quantitative estimate of drug-likeness (QED) is 0.489. The zero-order chi connectivity index (χ0) is 7.72. The van der Waals surface area contributed by atoms with Gasteiger partial charge >= 0.3 is 0 Å². The molecule has 0 aliphatic carbocycles. The molecule has 0 aliphatic heterocycles. The average Bonchev–Trinajstić information content (AvgIpc) is 1.82. The Balaban J connectivity index is 3.31. The van der Waals surface area contributed by atoms with Crippen LogP contribution in [0.4, 0.5) is 10.1 Å². The molecule has 50 valence electrons. The summed E-state index contributed by atoms with van der Waals surface area (Å²) in [5.74, 6) is -0.494. The van der Waals surface area contributed by atoms with Gasteiger partial charge in [-0.25, -0.2) is 4.39 Å². The summed E-state index contributed by atoms with van der Waals surface area (Å²) in [5, 5.41) is 0. The summed E-state index contributed by atoms with van der Waals surface area (Å²) in [5.41, 5.74) is 5.49. The monoisotopic (exact) mass is 199 g/mol. The molecule has 0 heterocycles. The van der Waals surface area contributed by atoms with Gasteiger partial charge in [-0.1, -0.05) is 27.5 Å². The van der Waals surface area contributed by atoms with Crippen molar-refractivity contribution in [1.29, 1.82) is 0 Å². The van der Waals surface area contributed by atoms with E-state index in [0.717, 1.165) is 0 Å². The van der Waals surface area contributed by atoms with Crippen molar-refractivity contribution < 1.29 is 4.39 Å². The second kappa shape index (κ2) is 2.62. The van der Waals surface area contributed by atoms with E-state index in [1.807, 2.05) is 0 Å². The van der Waals surface area contributed by atoms with Crippen LogP contribution in [0.15, 0.2) is 16.6 Å². The predicted molar refractivity (Wildman–Crippen MR) is 43.9 cm³/mol.